The molecule has 0 spiro atoms. The van der Waals surface area contributed by atoms with Crippen molar-refractivity contribution in [2.75, 3.05) is 29.0 Å². The number of hydrogen-bond acceptors (Lipinski definition) is 3. The Morgan fingerprint density at radius 2 is 1.79 bits per heavy atom. The van der Waals surface area contributed by atoms with Gasteiger partial charge in [-0.15, -0.1) is 0 Å². The van der Waals surface area contributed by atoms with E-state index in [1.54, 1.807) is 0 Å². The molecule has 1 fully saturated rings. The number of benzene rings is 2. The lowest BCUT2D eigenvalue weighted by Crippen LogP contribution is -2.29. The Hall–Kier alpha value is -2.49. The Morgan fingerprint density at radius 1 is 1.04 bits per heavy atom. The summed E-state index contributed by atoms with van der Waals surface area (Å²) in [5.41, 5.74) is 9.68. The van der Waals surface area contributed by atoms with E-state index in [4.69, 9.17) is 5.73 Å². The van der Waals surface area contributed by atoms with E-state index in [0.29, 0.717) is 12.8 Å². The first-order valence-corrected chi connectivity index (χ1v) is 8.70. The highest BCUT2D eigenvalue weighted by molar-refractivity contribution is 5.91. The third-order valence-electron chi connectivity index (χ3n) is 4.46. The lowest BCUT2D eigenvalue weighted by atomic mass is 10.1. The average molecular weight is 323 g/mol. The van der Waals surface area contributed by atoms with Crippen LogP contribution >= 0.6 is 0 Å². The van der Waals surface area contributed by atoms with Crippen LogP contribution in [0.1, 0.15) is 31.2 Å². The zero-order valence-electron chi connectivity index (χ0n) is 14.0. The smallest absolute Gasteiger partial charge is 0.224 e. The largest absolute Gasteiger partial charge is 0.399 e. The van der Waals surface area contributed by atoms with Crippen molar-refractivity contribution in [3.63, 3.8) is 0 Å². The molecule has 24 heavy (non-hydrogen) atoms. The van der Waals surface area contributed by atoms with Gasteiger partial charge in [-0.1, -0.05) is 12.1 Å². The number of nitrogens with zero attached hydrogens (tertiary/aromatic N) is 1. The third-order valence-corrected chi connectivity index (χ3v) is 4.46. The Balaban J connectivity index is 1.50. The second-order valence-electron chi connectivity index (χ2n) is 6.39. The van der Waals surface area contributed by atoms with E-state index in [9.17, 15) is 4.79 Å². The summed E-state index contributed by atoms with van der Waals surface area (Å²) in [6, 6.07) is 15.9. The molecule has 1 aliphatic rings. The van der Waals surface area contributed by atoms with E-state index in [0.717, 1.165) is 30.0 Å². The fourth-order valence-electron chi connectivity index (χ4n) is 3.14. The highest BCUT2D eigenvalue weighted by Crippen LogP contribution is 2.22. The molecule has 0 unspecified atom stereocenters. The molecule has 1 aliphatic heterocycles. The van der Waals surface area contributed by atoms with Gasteiger partial charge in [0.25, 0.3) is 0 Å². The maximum absolute atomic E-state index is 12.1. The second-order valence-corrected chi connectivity index (χ2v) is 6.39. The molecule has 126 valence electrons. The number of hydrogen-bond donors (Lipinski definition) is 2. The van der Waals surface area contributed by atoms with E-state index in [2.05, 4.69) is 22.3 Å². The molecule has 4 nitrogen and oxygen atoms in total. The normalized spacial score (nSPS) is 14.4. The standard InChI is InChI=1S/C20H25N3O/c21-17-6-4-5-16(15-17)7-12-20(24)22-18-8-10-19(11-9-18)23-13-2-1-3-14-23/h4-6,8-11,15H,1-3,7,12-14,21H2,(H,22,24). The van der Waals surface area contributed by atoms with Gasteiger partial charge in [-0.25, -0.2) is 0 Å². The van der Waals surface area contributed by atoms with Crippen molar-refractivity contribution in [3.8, 4) is 0 Å². The Bertz CT molecular complexity index is 676. The van der Waals surface area contributed by atoms with Crippen LogP contribution in [0.2, 0.25) is 0 Å². The minimum atomic E-state index is 0.0307. The molecule has 0 saturated carbocycles. The first-order chi connectivity index (χ1) is 11.7. The molecule has 0 aromatic heterocycles. The molecular formula is C20H25N3O. The van der Waals surface area contributed by atoms with Crippen molar-refractivity contribution in [1.29, 1.82) is 0 Å². The number of carbonyl (C=O) groups excluding carboxylic acids is 1. The quantitative estimate of drug-likeness (QED) is 0.822. The zero-order valence-corrected chi connectivity index (χ0v) is 14.0. The van der Waals surface area contributed by atoms with Gasteiger partial charge in [0.05, 0.1) is 0 Å². The van der Waals surface area contributed by atoms with Gasteiger partial charge in [0.1, 0.15) is 0 Å². The molecule has 0 atom stereocenters. The summed E-state index contributed by atoms with van der Waals surface area (Å²) in [6.45, 7) is 2.26. The summed E-state index contributed by atoms with van der Waals surface area (Å²) in [7, 11) is 0. The predicted molar refractivity (Wildman–Crippen MR) is 100 cm³/mol. The summed E-state index contributed by atoms with van der Waals surface area (Å²) >= 11 is 0. The summed E-state index contributed by atoms with van der Waals surface area (Å²) in [6.07, 6.45) is 5.02. The molecule has 0 radical (unpaired) electrons. The number of aryl methyl sites for hydroxylation is 1. The van der Waals surface area contributed by atoms with Crippen LogP contribution in [-0.4, -0.2) is 19.0 Å². The Labute approximate surface area is 143 Å². The number of amides is 1. The van der Waals surface area contributed by atoms with Gasteiger partial charge in [0.2, 0.25) is 5.91 Å². The van der Waals surface area contributed by atoms with Crippen LogP contribution in [0.5, 0.6) is 0 Å². The molecule has 2 aromatic carbocycles. The topological polar surface area (TPSA) is 58.4 Å². The monoisotopic (exact) mass is 323 g/mol. The Kier molecular flexibility index (Phi) is 5.36. The van der Waals surface area contributed by atoms with Gasteiger partial charge >= 0.3 is 0 Å². The van der Waals surface area contributed by atoms with Crippen LogP contribution in [0.4, 0.5) is 17.1 Å². The van der Waals surface area contributed by atoms with Gasteiger partial charge in [0, 0.05) is 36.6 Å². The van der Waals surface area contributed by atoms with Crippen molar-refractivity contribution in [3.05, 3.63) is 54.1 Å². The van der Waals surface area contributed by atoms with E-state index in [1.807, 2.05) is 36.4 Å². The number of nitrogen functional groups attached to an aromatic ring is 1. The Morgan fingerprint density at radius 3 is 2.50 bits per heavy atom. The fraction of sp³-hybridized carbons (Fsp3) is 0.350. The number of nitrogens with one attached hydrogen (secondary N) is 1. The minimum absolute atomic E-state index is 0.0307. The lowest BCUT2D eigenvalue weighted by molar-refractivity contribution is -0.116. The zero-order chi connectivity index (χ0) is 16.8. The van der Waals surface area contributed by atoms with E-state index >= 15 is 0 Å². The van der Waals surface area contributed by atoms with Gasteiger partial charge in [-0.3, -0.25) is 4.79 Å². The van der Waals surface area contributed by atoms with Crippen LogP contribution in [-0.2, 0) is 11.2 Å². The highest BCUT2D eigenvalue weighted by atomic mass is 16.1. The summed E-state index contributed by atoms with van der Waals surface area (Å²) in [5.74, 6) is 0.0307. The summed E-state index contributed by atoms with van der Waals surface area (Å²) in [4.78, 5) is 14.5. The molecule has 3 N–H and O–H groups in total. The number of anilines is 3. The van der Waals surface area contributed by atoms with Crippen molar-refractivity contribution in [1.82, 2.24) is 0 Å². The van der Waals surface area contributed by atoms with Gasteiger partial charge in [-0.05, 0) is 67.6 Å². The molecule has 2 aromatic rings. The van der Waals surface area contributed by atoms with Crippen LogP contribution in [0.25, 0.3) is 0 Å². The van der Waals surface area contributed by atoms with Crippen molar-refractivity contribution in [2.45, 2.75) is 32.1 Å². The molecular weight excluding hydrogens is 298 g/mol. The lowest BCUT2D eigenvalue weighted by Gasteiger charge is -2.28. The number of piperidine rings is 1. The average Bonchev–Trinajstić information content (AvgIpc) is 2.61. The molecule has 1 amide bonds. The predicted octanol–water partition coefficient (Wildman–Crippen LogP) is 3.83. The van der Waals surface area contributed by atoms with Crippen LogP contribution < -0.4 is 16.0 Å². The van der Waals surface area contributed by atoms with Gasteiger partial charge in [-0.2, -0.15) is 0 Å². The minimum Gasteiger partial charge on any atom is -0.399 e. The maximum Gasteiger partial charge on any atom is 0.224 e. The summed E-state index contributed by atoms with van der Waals surface area (Å²) < 4.78 is 0. The molecule has 3 rings (SSSR count). The first kappa shape index (κ1) is 16.4. The van der Waals surface area contributed by atoms with Crippen LogP contribution in [0.15, 0.2) is 48.5 Å². The SMILES string of the molecule is Nc1cccc(CCC(=O)Nc2ccc(N3CCCCC3)cc2)c1. The van der Waals surface area contributed by atoms with Crippen molar-refractivity contribution < 1.29 is 4.79 Å². The van der Waals surface area contributed by atoms with Crippen molar-refractivity contribution in [2.24, 2.45) is 0 Å². The number of carbonyl (C=O) groups is 1. The van der Waals surface area contributed by atoms with Crippen molar-refractivity contribution >= 4 is 23.0 Å². The van der Waals surface area contributed by atoms with E-state index < -0.39 is 0 Å². The second kappa shape index (κ2) is 7.86. The maximum atomic E-state index is 12.1. The number of rotatable bonds is 5. The highest BCUT2D eigenvalue weighted by Gasteiger charge is 2.11. The molecule has 4 heteroatoms. The van der Waals surface area contributed by atoms with E-state index in [1.165, 1.54) is 24.9 Å². The summed E-state index contributed by atoms with van der Waals surface area (Å²) in [5, 5.41) is 2.97. The molecule has 0 bridgehead atoms. The number of nitrogens with two attached hydrogens (primary N) is 1. The van der Waals surface area contributed by atoms with Crippen LogP contribution in [0, 0.1) is 0 Å². The van der Waals surface area contributed by atoms with Gasteiger partial charge < -0.3 is 16.0 Å². The van der Waals surface area contributed by atoms with Gasteiger partial charge in [0.15, 0.2) is 0 Å². The van der Waals surface area contributed by atoms with Crippen LogP contribution in [0.3, 0.4) is 0 Å². The molecule has 1 heterocycles. The fourth-order valence-corrected chi connectivity index (χ4v) is 3.14. The molecule has 0 aliphatic carbocycles. The first-order valence-electron chi connectivity index (χ1n) is 8.70. The van der Waals surface area contributed by atoms with E-state index in [-0.39, 0.29) is 5.91 Å². The third kappa shape index (κ3) is 4.51. The molecule has 1 saturated heterocycles.